The van der Waals surface area contributed by atoms with E-state index in [2.05, 4.69) is 53.3 Å². The molecule has 0 aliphatic heterocycles. The molecule has 0 amide bonds. The van der Waals surface area contributed by atoms with Crippen LogP contribution in [-0.2, 0) is 0 Å². The maximum absolute atomic E-state index is 4.42. The topological polar surface area (TPSA) is 0 Å². The van der Waals surface area contributed by atoms with Gasteiger partial charge in [0.1, 0.15) is 0 Å². The molecule has 0 fully saturated rings. The lowest BCUT2D eigenvalue weighted by Crippen LogP contribution is -1.72. The van der Waals surface area contributed by atoms with Crippen molar-refractivity contribution in [2.75, 3.05) is 0 Å². The molecule has 0 aliphatic rings. The van der Waals surface area contributed by atoms with Crippen LogP contribution in [-0.4, -0.2) is 0 Å². The van der Waals surface area contributed by atoms with Crippen LogP contribution in [0.25, 0.3) is 10.4 Å². The maximum atomic E-state index is 4.42. The molecule has 14 heavy (non-hydrogen) atoms. The van der Waals surface area contributed by atoms with E-state index < -0.39 is 0 Å². The van der Waals surface area contributed by atoms with E-state index in [1.165, 1.54) is 10.4 Å². The standard InChI is InChI=1S/C10H7BrS3/c11-9-5-8(13)10(14-9)6-1-3-7(12)4-2-6/h1-5,12-13H. The van der Waals surface area contributed by atoms with Crippen molar-refractivity contribution >= 4 is 52.5 Å². The Labute approximate surface area is 106 Å². The molecule has 0 nitrogen and oxygen atoms in total. The van der Waals surface area contributed by atoms with Crippen LogP contribution in [0.15, 0.2) is 43.9 Å². The van der Waals surface area contributed by atoms with Crippen molar-refractivity contribution in [2.45, 2.75) is 9.79 Å². The molecular formula is C10H7BrS3. The van der Waals surface area contributed by atoms with E-state index in [0.29, 0.717) is 0 Å². The normalized spacial score (nSPS) is 10.5. The van der Waals surface area contributed by atoms with E-state index in [1.807, 2.05) is 18.2 Å². The third-order valence-corrected chi connectivity index (χ3v) is 4.30. The third-order valence-electron chi connectivity index (χ3n) is 1.81. The van der Waals surface area contributed by atoms with Crippen LogP contribution >= 0.6 is 52.5 Å². The Balaban J connectivity index is 2.49. The van der Waals surface area contributed by atoms with Gasteiger partial charge in [0.05, 0.1) is 3.79 Å². The smallest absolute Gasteiger partial charge is 0.0716 e. The summed E-state index contributed by atoms with van der Waals surface area (Å²) in [4.78, 5) is 3.17. The predicted octanol–water partition coefficient (Wildman–Crippen LogP) is 4.76. The molecule has 1 aromatic carbocycles. The first-order valence-corrected chi connectivity index (χ1v) is 6.45. The second kappa shape index (κ2) is 4.31. The van der Waals surface area contributed by atoms with Gasteiger partial charge in [-0.2, -0.15) is 0 Å². The van der Waals surface area contributed by atoms with Gasteiger partial charge in [-0.05, 0) is 39.7 Å². The minimum atomic E-state index is 0.977. The van der Waals surface area contributed by atoms with Gasteiger partial charge in [-0.3, -0.25) is 0 Å². The van der Waals surface area contributed by atoms with Gasteiger partial charge in [-0.15, -0.1) is 36.6 Å². The van der Waals surface area contributed by atoms with Gasteiger partial charge in [0.25, 0.3) is 0 Å². The van der Waals surface area contributed by atoms with Gasteiger partial charge in [-0.1, -0.05) is 12.1 Å². The molecule has 0 N–H and O–H groups in total. The highest BCUT2D eigenvalue weighted by atomic mass is 79.9. The molecule has 0 aliphatic carbocycles. The fourth-order valence-electron chi connectivity index (χ4n) is 1.17. The SMILES string of the molecule is Sc1ccc(-c2sc(Br)cc2S)cc1. The Morgan fingerprint density at radius 1 is 1.07 bits per heavy atom. The van der Waals surface area contributed by atoms with Crippen molar-refractivity contribution in [1.82, 2.24) is 0 Å². The molecule has 2 rings (SSSR count). The molecule has 0 saturated carbocycles. The van der Waals surface area contributed by atoms with Crippen LogP contribution in [0.5, 0.6) is 0 Å². The van der Waals surface area contributed by atoms with E-state index in [9.17, 15) is 0 Å². The number of benzene rings is 1. The Kier molecular flexibility index (Phi) is 3.27. The first-order chi connectivity index (χ1) is 6.66. The van der Waals surface area contributed by atoms with Crippen molar-refractivity contribution < 1.29 is 0 Å². The summed E-state index contributed by atoms with van der Waals surface area (Å²) in [5, 5.41) is 0. The zero-order chi connectivity index (χ0) is 10.1. The van der Waals surface area contributed by atoms with Gasteiger partial charge in [0, 0.05) is 14.7 Å². The zero-order valence-electron chi connectivity index (χ0n) is 7.07. The Morgan fingerprint density at radius 2 is 1.71 bits per heavy atom. The average Bonchev–Trinajstić information content (AvgIpc) is 2.47. The summed E-state index contributed by atoms with van der Waals surface area (Å²) < 4.78 is 1.10. The minimum absolute atomic E-state index is 0.977. The predicted molar refractivity (Wildman–Crippen MR) is 72.0 cm³/mol. The van der Waals surface area contributed by atoms with Gasteiger partial charge in [0.2, 0.25) is 0 Å². The van der Waals surface area contributed by atoms with E-state index in [1.54, 1.807) is 11.3 Å². The van der Waals surface area contributed by atoms with Crippen molar-refractivity contribution in [1.29, 1.82) is 0 Å². The lowest BCUT2D eigenvalue weighted by Gasteiger charge is -1.98. The largest absolute Gasteiger partial charge is 0.143 e. The summed E-state index contributed by atoms with van der Waals surface area (Å²) in [5.41, 5.74) is 1.18. The average molecular weight is 303 g/mol. The highest BCUT2D eigenvalue weighted by Gasteiger charge is 2.06. The summed E-state index contributed by atoms with van der Waals surface area (Å²) in [5.74, 6) is 0. The first kappa shape index (κ1) is 10.6. The molecule has 0 spiro atoms. The Morgan fingerprint density at radius 3 is 2.21 bits per heavy atom. The van der Waals surface area contributed by atoms with E-state index in [-0.39, 0.29) is 0 Å². The van der Waals surface area contributed by atoms with E-state index in [4.69, 9.17) is 0 Å². The summed E-state index contributed by atoms with van der Waals surface area (Å²) >= 11 is 13.8. The molecule has 72 valence electrons. The van der Waals surface area contributed by atoms with Crippen LogP contribution < -0.4 is 0 Å². The summed E-state index contributed by atoms with van der Waals surface area (Å²) in [6, 6.07) is 10.1. The van der Waals surface area contributed by atoms with E-state index in [0.717, 1.165) is 13.6 Å². The molecule has 4 heteroatoms. The van der Waals surface area contributed by atoms with Crippen LogP contribution in [0, 0.1) is 0 Å². The van der Waals surface area contributed by atoms with E-state index >= 15 is 0 Å². The second-order valence-corrected chi connectivity index (χ2v) is 6.24. The van der Waals surface area contributed by atoms with Crippen LogP contribution in [0.1, 0.15) is 0 Å². The zero-order valence-corrected chi connectivity index (χ0v) is 11.3. The number of thiophene rings is 1. The molecule has 2 aromatic rings. The van der Waals surface area contributed by atoms with Crippen molar-refractivity contribution in [2.24, 2.45) is 0 Å². The van der Waals surface area contributed by atoms with Crippen LogP contribution in [0.4, 0.5) is 0 Å². The second-order valence-electron chi connectivity index (χ2n) is 2.81. The summed E-state index contributed by atoms with van der Waals surface area (Å²) in [6.07, 6.45) is 0. The molecule has 1 aromatic heterocycles. The summed E-state index contributed by atoms with van der Waals surface area (Å²) in [6.45, 7) is 0. The fourth-order valence-corrected chi connectivity index (χ4v) is 3.48. The monoisotopic (exact) mass is 302 g/mol. The highest BCUT2D eigenvalue weighted by Crippen LogP contribution is 2.37. The maximum Gasteiger partial charge on any atom is 0.0716 e. The van der Waals surface area contributed by atoms with Gasteiger partial charge in [0.15, 0.2) is 0 Å². The number of rotatable bonds is 1. The van der Waals surface area contributed by atoms with Gasteiger partial charge in [-0.25, -0.2) is 0 Å². The molecule has 0 saturated heterocycles. The first-order valence-electron chi connectivity index (χ1n) is 3.94. The van der Waals surface area contributed by atoms with Crippen LogP contribution in [0.2, 0.25) is 0 Å². The molecular weight excluding hydrogens is 296 g/mol. The van der Waals surface area contributed by atoms with Crippen LogP contribution in [0.3, 0.4) is 0 Å². The van der Waals surface area contributed by atoms with Gasteiger partial charge >= 0.3 is 0 Å². The lowest BCUT2D eigenvalue weighted by molar-refractivity contribution is 1.46. The minimum Gasteiger partial charge on any atom is -0.143 e. The molecule has 1 heterocycles. The van der Waals surface area contributed by atoms with Gasteiger partial charge < -0.3 is 0 Å². The van der Waals surface area contributed by atoms with Crippen molar-refractivity contribution in [3.8, 4) is 10.4 Å². The number of thiol groups is 2. The number of halogens is 1. The van der Waals surface area contributed by atoms with Crippen molar-refractivity contribution in [3.63, 3.8) is 0 Å². The molecule has 0 unspecified atom stereocenters. The quantitative estimate of drug-likeness (QED) is 0.698. The summed E-state index contributed by atoms with van der Waals surface area (Å²) in [7, 11) is 0. The Hall–Kier alpha value is 0.1000. The fraction of sp³-hybridized carbons (Fsp3) is 0. The Bertz CT molecular complexity index is 445. The molecule has 0 radical (unpaired) electrons. The molecule has 0 bridgehead atoms. The third kappa shape index (κ3) is 2.19. The molecule has 0 atom stereocenters. The highest BCUT2D eigenvalue weighted by molar-refractivity contribution is 9.11. The number of hydrogen-bond donors (Lipinski definition) is 2. The van der Waals surface area contributed by atoms with Crippen molar-refractivity contribution in [3.05, 3.63) is 34.1 Å². The number of hydrogen-bond acceptors (Lipinski definition) is 3. The lowest BCUT2D eigenvalue weighted by atomic mass is 10.2.